The summed E-state index contributed by atoms with van der Waals surface area (Å²) in [4.78, 5) is 13.1. The van der Waals surface area contributed by atoms with Gasteiger partial charge in [-0.2, -0.15) is 0 Å². The SMILES string of the molecule is O=C(/C=C/c1ccc2ccc3cccc4ccc1c2c34)c1cccc(OCc2cn(Cc3ccccc3)nn2)c1. The zero-order valence-corrected chi connectivity index (χ0v) is 21.7. The monoisotopic (exact) mass is 519 g/mol. The van der Waals surface area contributed by atoms with Gasteiger partial charge in [0, 0.05) is 5.56 Å². The lowest BCUT2D eigenvalue weighted by molar-refractivity contribution is 0.104. The molecule has 1 aromatic heterocycles. The molecule has 0 radical (unpaired) electrons. The van der Waals surface area contributed by atoms with E-state index in [1.165, 1.54) is 26.9 Å². The number of carbonyl (C=O) groups is 1. The standard InChI is InChI=1S/C35H25N3O2/c39-33(19-17-25-12-13-28-15-14-26-8-4-9-27-16-18-32(25)35(28)34(26)27)29-10-5-11-31(20-29)40-23-30-22-38(37-36-30)21-24-6-2-1-3-7-24/h1-20,22H,21,23H2/b19-17+. The van der Waals surface area contributed by atoms with E-state index in [0.29, 0.717) is 17.9 Å². The van der Waals surface area contributed by atoms with Crippen molar-refractivity contribution in [3.05, 3.63) is 144 Å². The number of rotatable bonds is 8. The zero-order valence-electron chi connectivity index (χ0n) is 21.7. The normalized spacial score (nSPS) is 11.7. The molecule has 0 amide bonds. The maximum atomic E-state index is 13.1. The van der Waals surface area contributed by atoms with Crippen molar-refractivity contribution >= 4 is 44.2 Å². The molecular formula is C35H25N3O2. The highest BCUT2D eigenvalue weighted by Crippen LogP contribution is 2.36. The summed E-state index contributed by atoms with van der Waals surface area (Å²) in [5.74, 6) is 0.532. The summed E-state index contributed by atoms with van der Waals surface area (Å²) < 4.78 is 7.73. The van der Waals surface area contributed by atoms with Crippen molar-refractivity contribution in [1.29, 1.82) is 0 Å². The van der Waals surface area contributed by atoms with Crippen molar-refractivity contribution in [2.45, 2.75) is 13.2 Å². The third-order valence-corrected chi connectivity index (χ3v) is 7.26. The van der Waals surface area contributed by atoms with Crippen LogP contribution in [-0.2, 0) is 13.2 Å². The molecule has 7 aromatic rings. The van der Waals surface area contributed by atoms with Gasteiger partial charge in [-0.15, -0.1) is 5.10 Å². The summed E-state index contributed by atoms with van der Waals surface area (Å²) in [6.45, 7) is 0.918. The molecule has 192 valence electrons. The molecule has 0 saturated carbocycles. The summed E-state index contributed by atoms with van der Waals surface area (Å²) >= 11 is 0. The predicted octanol–water partition coefficient (Wildman–Crippen LogP) is 7.70. The first-order chi connectivity index (χ1) is 19.7. The molecule has 0 aliphatic rings. The molecular weight excluding hydrogens is 494 g/mol. The van der Waals surface area contributed by atoms with Gasteiger partial charge in [-0.3, -0.25) is 4.79 Å². The number of benzene rings is 6. The Morgan fingerprint density at radius 2 is 1.52 bits per heavy atom. The Kier molecular flexibility index (Phi) is 6.02. The highest BCUT2D eigenvalue weighted by atomic mass is 16.5. The molecule has 0 unspecified atom stereocenters. The number of allylic oxidation sites excluding steroid dienone is 1. The van der Waals surface area contributed by atoms with Crippen molar-refractivity contribution in [3.8, 4) is 5.75 Å². The lowest BCUT2D eigenvalue weighted by atomic mass is 9.92. The molecule has 40 heavy (non-hydrogen) atoms. The maximum Gasteiger partial charge on any atom is 0.185 e. The fourth-order valence-electron chi connectivity index (χ4n) is 5.31. The van der Waals surface area contributed by atoms with Crippen LogP contribution in [0.3, 0.4) is 0 Å². The van der Waals surface area contributed by atoms with Crippen LogP contribution < -0.4 is 4.74 Å². The second-order valence-corrected chi connectivity index (χ2v) is 9.92. The van der Waals surface area contributed by atoms with Gasteiger partial charge in [0.15, 0.2) is 5.78 Å². The number of ketones is 1. The summed E-state index contributed by atoms with van der Waals surface area (Å²) in [6.07, 6.45) is 5.43. The average molecular weight is 520 g/mol. The smallest absolute Gasteiger partial charge is 0.185 e. The van der Waals surface area contributed by atoms with Crippen LogP contribution in [0.25, 0.3) is 38.4 Å². The van der Waals surface area contributed by atoms with Crippen molar-refractivity contribution < 1.29 is 9.53 Å². The maximum absolute atomic E-state index is 13.1. The number of hydrogen-bond donors (Lipinski definition) is 0. The Morgan fingerprint density at radius 3 is 2.38 bits per heavy atom. The van der Waals surface area contributed by atoms with Gasteiger partial charge in [0.25, 0.3) is 0 Å². The van der Waals surface area contributed by atoms with Crippen LogP contribution in [0.2, 0.25) is 0 Å². The Hall–Kier alpha value is -5.29. The van der Waals surface area contributed by atoms with Crippen molar-refractivity contribution in [1.82, 2.24) is 15.0 Å². The van der Waals surface area contributed by atoms with Crippen molar-refractivity contribution in [2.75, 3.05) is 0 Å². The molecule has 0 saturated heterocycles. The van der Waals surface area contributed by atoms with Crippen molar-refractivity contribution in [2.24, 2.45) is 0 Å². The van der Waals surface area contributed by atoms with E-state index in [-0.39, 0.29) is 12.4 Å². The first-order valence-corrected chi connectivity index (χ1v) is 13.3. The summed E-state index contributed by atoms with van der Waals surface area (Å²) in [7, 11) is 0. The minimum atomic E-state index is -0.0787. The van der Waals surface area contributed by atoms with E-state index < -0.39 is 0 Å². The zero-order chi connectivity index (χ0) is 26.9. The van der Waals surface area contributed by atoms with Crippen LogP contribution >= 0.6 is 0 Å². The first kappa shape index (κ1) is 23.8. The van der Waals surface area contributed by atoms with E-state index >= 15 is 0 Å². The molecule has 6 aromatic carbocycles. The minimum Gasteiger partial charge on any atom is -0.487 e. The Morgan fingerprint density at radius 1 is 0.775 bits per heavy atom. The van der Waals surface area contributed by atoms with Gasteiger partial charge in [0.1, 0.15) is 18.1 Å². The van der Waals surface area contributed by atoms with E-state index in [2.05, 4.69) is 77.0 Å². The van der Waals surface area contributed by atoms with E-state index in [0.717, 1.165) is 22.2 Å². The van der Waals surface area contributed by atoms with Crippen LogP contribution in [0.1, 0.15) is 27.2 Å². The second kappa shape index (κ2) is 10.1. The first-order valence-electron chi connectivity index (χ1n) is 13.3. The molecule has 0 aliphatic heterocycles. The number of ether oxygens (including phenoxy) is 1. The van der Waals surface area contributed by atoms with Gasteiger partial charge in [0.2, 0.25) is 0 Å². The number of hydrogen-bond acceptors (Lipinski definition) is 4. The Balaban J connectivity index is 1.07. The van der Waals surface area contributed by atoms with Crippen LogP contribution in [0, 0.1) is 0 Å². The van der Waals surface area contributed by atoms with E-state index in [1.807, 2.05) is 42.6 Å². The summed E-state index contributed by atoms with van der Waals surface area (Å²) in [5.41, 5.74) is 3.46. The molecule has 0 bridgehead atoms. The number of aromatic nitrogens is 3. The molecule has 0 aliphatic carbocycles. The van der Waals surface area contributed by atoms with E-state index in [9.17, 15) is 4.79 Å². The van der Waals surface area contributed by atoms with Crippen LogP contribution in [-0.4, -0.2) is 20.8 Å². The number of nitrogens with zero attached hydrogens (tertiary/aromatic N) is 3. The quantitative estimate of drug-likeness (QED) is 0.117. The largest absolute Gasteiger partial charge is 0.487 e. The lowest BCUT2D eigenvalue weighted by Crippen LogP contribution is -2.00. The van der Waals surface area contributed by atoms with Gasteiger partial charge in [-0.05, 0) is 61.7 Å². The van der Waals surface area contributed by atoms with Gasteiger partial charge < -0.3 is 4.74 Å². The Labute approximate surface area is 231 Å². The predicted molar refractivity (Wildman–Crippen MR) is 160 cm³/mol. The molecule has 5 nitrogen and oxygen atoms in total. The summed E-state index contributed by atoms with van der Waals surface area (Å²) in [5, 5.41) is 15.7. The Bertz CT molecular complexity index is 1990. The highest BCUT2D eigenvalue weighted by molar-refractivity contribution is 6.24. The van der Waals surface area contributed by atoms with Gasteiger partial charge in [-0.1, -0.05) is 108 Å². The molecule has 7 rings (SSSR count). The fourth-order valence-corrected chi connectivity index (χ4v) is 5.31. The molecule has 0 fully saturated rings. The number of carbonyl (C=O) groups excluding carboxylic acids is 1. The molecule has 0 N–H and O–H groups in total. The molecule has 5 heteroatoms. The van der Waals surface area contributed by atoms with Crippen LogP contribution in [0.5, 0.6) is 5.75 Å². The average Bonchev–Trinajstić information content (AvgIpc) is 3.45. The molecule has 0 atom stereocenters. The van der Waals surface area contributed by atoms with Crippen LogP contribution in [0.4, 0.5) is 0 Å². The highest BCUT2D eigenvalue weighted by Gasteiger charge is 2.11. The van der Waals surface area contributed by atoms with Gasteiger partial charge in [-0.25, -0.2) is 4.68 Å². The van der Waals surface area contributed by atoms with E-state index in [4.69, 9.17) is 4.74 Å². The lowest BCUT2D eigenvalue weighted by Gasteiger charge is -2.12. The van der Waals surface area contributed by atoms with Gasteiger partial charge in [0.05, 0.1) is 12.7 Å². The second-order valence-electron chi connectivity index (χ2n) is 9.92. The minimum absolute atomic E-state index is 0.0787. The third-order valence-electron chi connectivity index (χ3n) is 7.26. The van der Waals surface area contributed by atoms with Gasteiger partial charge >= 0.3 is 0 Å². The molecule has 1 heterocycles. The van der Waals surface area contributed by atoms with E-state index in [1.54, 1.807) is 22.9 Å². The van der Waals surface area contributed by atoms with Crippen molar-refractivity contribution in [3.63, 3.8) is 0 Å². The fraction of sp³-hybridized carbons (Fsp3) is 0.0571. The third kappa shape index (κ3) is 4.58. The molecule has 0 spiro atoms. The van der Waals surface area contributed by atoms with Crippen LogP contribution in [0.15, 0.2) is 121 Å². The topological polar surface area (TPSA) is 57.0 Å². The summed E-state index contributed by atoms with van der Waals surface area (Å²) in [6, 6.07) is 36.6.